The molecule has 20 heavy (non-hydrogen) atoms. The van der Waals surface area contributed by atoms with Crippen molar-refractivity contribution in [3.8, 4) is 0 Å². The van der Waals surface area contributed by atoms with Crippen molar-refractivity contribution in [2.24, 2.45) is 7.05 Å². The largest absolute Gasteiger partial charge is 0.305 e. The van der Waals surface area contributed by atoms with Crippen LogP contribution in [-0.2, 0) is 20.1 Å². The first-order valence-electron chi connectivity index (χ1n) is 7.54. The van der Waals surface area contributed by atoms with E-state index in [4.69, 9.17) is 5.10 Å². The Hall–Kier alpha value is -1.62. The van der Waals surface area contributed by atoms with Crippen molar-refractivity contribution in [2.75, 3.05) is 0 Å². The first kappa shape index (κ1) is 13.4. The Balaban J connectivity index is 1.49. The number of aryl methyl sites for hydroxylation is 1. The van der Waals surface area contributed by atoms with E-state index in [1.165, 1.54) is 32.1 Å². The molecule has 0 amide bonds. The van der Waals surface area contributed by atoms with Crippen LogP contribution >= 0.6 is 0 Å². The van der Waals surface area contributed by atoms with Crippen molar-refractivity contribution < 1.29 is 0 Å². The molecule has 1 saturated carbocycles. The number of hydrogen-bond donors (Lipinski definition) is 1. The molecule has 0 aromatic carbocycles. The zero-order valence-corrected chi connectivity index (χ0v) is 12.1. The summed E-state index contributed by atoms with van der Waals surface area (Å²) < 4.78 is 3.99. The Morgan fingerprint density at radius 2 is 1.75 bits per heavy atom. The van der Waals surface area contributed by atoms with Crippen molar-refractivity contribution in [1.29, 1.82) is 0 Å². The molecule has 3 rings (SSSR count). The van der Waals surface area contributed by atoms with Gasteiger partial charge in [0.2, 0.25) is 0 Å². The number of rotatable bonds is 5. The lowest BCUT2D eigenvalue weighted by Gasteiger charge is -2.21. The number of nitrogens with one attached hydrogen (secondary N) is 1. The maximum absolute atomic E-state index is 4.70. The van der Waals surface area contributed by atoms with E-state index in [1.807, 2.05) is 24.0 Å². The van der Waals surface area contributed by atoms with Crippen LogP contribution in [0.2, 0.25) is 0 Å². The minimum absolute atomic E-state index is 0.619. The topological polar surface area (TPSA) is 47.7 Å². The molecule has 2 heterocycles. The highest BCUT2D eigenvalue weighted by atomic mass is 15.3. The average molecular weight is 273 g/mol. The molecule has 0 aliphatic heterocycles. The minimum atomic E-state index is 0.619. The van der Waals surface area contributed by atoms with Gasteiger partial charge in [-0.05, 0) is 25.0 Å². The molecule has 0 radical (unpaired) electrons. The van der Waals surface area contributed by atoms with Crippen molar-refractivity contribution >= 4 is 0 Å². The first-order chi connectivity index (χ1) is 9.81. The second-order valence-corrected chi connectivity index (χ2v) is 5.66. The SMILES string of the molecule is Cn1ccc(CNCc2ccn(C3CCCCC3)n2)n1. The van der Waals surface area contributed by atoms with Gasteiger partial charge in [-0.1, -0.05) is 19.3 Å². The molecular weight excluding hydrogens is 250 g/mol. The molecule has 5 nitrogen and oxygen atoms in total. The standard InChI is InChI=1S/C15H23N5/c1-19-9-7-13(17-19)11-16-12-14-8-10-20(18-14)15-5-3-2-4-6-15/h7-10,15-16H,2-6,11-12H2,1H3. The van der Waals surface area contributed by atoms with E-state index in [9.17, 15) is 0 Å². The van der Waals surface area contributed by atoms with Crippen LogP contribution in [-0.4, -0.2) is 19.6 Å². The van der Waals surface area contributed by atoms with Crippen molar-refractivity contribution in [1.82, 2.24) is 24.9 Å². The highest BCUT2D eigenvalue weighted by molar-refractivity contribution is 5.02. The van der Waals surface area contributed by atoms with Gasteiger partial charge in [0, 0.05) is 32.5 Å². The summed E-state index contributed by atoms with van der Waals surface area (Å²) >= 11 is 0. The maximum Gasteiger partial charge on any atom is 0.0762 e. The van der Waals surface area contributed by atoms with Crippen LogP contribution < -0.4 is 5.32 Å². The average Bonchev–Trinajstić information content (AvgIpc) is 3.09. The molecule has 1 aliphatic rings. The Labute approximate surface area is 120 Å². The van der Waals surface area contributed by atoms with Gasteiger partial charge in [-0.3, -0.25) is 9.36 Å². The second kappa shape index (κ2) is 6.22. The van der Waals surface area contributed by atoms with Gasteiger partial charge < -0.3 is 5.32 Å². The molecule has 0 bridgehead atoms. The van der Waals surface area contributed by atoms with Crippen LogP contribution in [0.15, 0.2) is 24.5 Å². The van der Waals surface area contributed by atoms with Crippen molar-refractivity contribution in [3.63, 3.8) is 0 Å². The predicted molar refractivity (Wildman–Crippen MR) is 78.1 cm³/mol. The van der Waals surface area contributed by atoms with E-state index in [1.54, 1.807) is 0 Å². The van der Waals surface area contributed by atoms with Crippen molar-refractivity contribution in [3.05, 3.63) is 35.9 Å². The lowest BCUT2D eigenvalue weighted by atomic mass is 9.96. The number of hydrogen-bond acceptors (Lipinski definition) is 3. The number of aromatic nitrogens is 4. The monoisotopic (exact) mass is 273 g/mol. The fourth-order valence-electron chi connectivity index (χ4n) is 2.90. The Bertz CT molecular complexity index is 536. The summed E-state index contributed by atoms with van der Waals surface area (Å²) in [7, 11) is 1.94. The maximum atomic E-state index is 4.70. The Morgan fingerprint density at radius 3 is 2.45 bits per heavy atom. The van der Waals surface area contributed by atoms with Crippen LogP contribution in [0, 0.1) is 0 Å². The van der Waals surface area contributed by atoms with Gasteiger partial charge in [0.15, 0.2) is 0 Å². The van der Waals surface area contributed by atoms with E-state index in [0.717, 1.165) is 24.5 Å². The van der Waals surface area contributed by atoms with Gasteiger partial charge in [0.25, 0.3) is 0 Å². The van der Waals surface area contributed by atoms with Gasteiger partial charge in [-0.2, -0.15) is 10.2 Å². The zero-order valence-electron chi connectivity index (χ0n) is 12.1. The molecule has 0 atom stereocenters. The van der Waals surface area contributed by atoms with Gasteiger partial charge >= 0.3 is 0 Å². The summed E-state index contributed by atoms with van der Waals surface area (Å²) in [6.07, 6.45) is 10.7. The van der Waals surface area contributed by atoms with Crippen LogP contribution in [0.3, 0.4) is 0 Å². The van der Waals surface area contributed by atoms with Gasteiger partial charge in [0.05, 0.1) is 17.4 Å². The highest BCUT2D eigenvalue weighted by Crippen LogP contribution is 2.27. The molecule has 2 aromatic rings. The van der Waals surface area contributed by atoms with Gasteiger partial charge in [0.1, 0.15) is 0 Å². The summed E-state index contributed by atoms with van der Waals surface area (Å²) in [6, 6.07) is 4.78. The summed E-state index contributed by atoms with van der Waals surface area (Å²) in [5.74, 6) is 0. The van der Waals surface area contributed by atoms with Gasteiger partial charge in [-0.15, -0.1) is 0 Å². The van der Waals surface area contributed by atoms with E-state index in [2.05, 4.69) is 27.4 Å². The van der Waals surface area contributed by atoms with Gasteiger partial charge in [-0.25, -0.2) is 0 Å². The minimum Gasteiger partial charge on any atom is -0.305 e. The van der Waals surface area contributed by atoms with Crippen LogP contribution in [0.1, 0.15) is 49.5 Å². The summed E-state index contributed by atoms with van der Waals surface area (Å²) in [4.78, 5) is 0. The lowest BCUT2D eigenvalue weighted by molar-refractivity contribution is 0.327. The summed E-state index contributed by atoms with van der Waals surface area (Å²) in [5.41, 5.74) is 2.19. The molecule has 0 saturated heterocycles. The zero-order chi connectivity index (χ0) is 13.8. The first-order valence-corrected chi connectivity index (χ1v) is 7.54. The van der Waals surface area contributed by atoms with Crippen LogP contribution in [0.5, 0.6) is 0 Å². The van der Waals surface area contributed by atoms with E-state index < -0.39 is 0 Å². The Kier molecular flexibility index (Phi) is 4.16. The van der Waals surface area contributed by atoms with E-state index in [-0.39, 0.29) is 0 Å². The molecule has 1 aliphatic carbocycles. The fourth-order valence-corrected chi connectivity index (χ4v) is 2.90. The smallest absolute Gasteiger partial charge is 0.0762 e. The van der Waals surface area contributed by atoms with Crippen molar-refractivity contribution in [2.45, 2.75) is 51.2 Å². The third-order valence-electron chi connectivity index (χ3n) is 3.99. The second-order valence-electron chi connectivity index (χ2n) is 5.66. The third kappa shape index (κ3) is 3.28. The lowest BCUT2D eigenvalue weighted by Crippen LogP contribution is -2.16. The van der Waals surface area contributed by atoms with Crippen LogP contribution in [0.25, 0.3) is 0 Å². The van der Waals surface area contributed by atoms with E-state index in [0.29, 0.717) is 6.04 Å². The Morgan fingerprint density at radius 1 is 1.05 bits per heavy atom. The molecule has 1 N–H and O–H groups in total. The molecule has 0 spiro atoms. The quantitative estimate of drug-likeness (QED) is 0.910. The molecule has 1 fully saturated rings. The normalized spacial score (nSPS) is 16.6. The predicted octanol–water partition coefficient (Wildman–Crippen LogP) is 2.41. The fraction of sp³-hybridized carbons (Fsp3) is 0.600. The summed E-state index contributed by atoms with van der Waals surface area (Å²) in [6.45, 7) is 1.59. The number of nitrogens with zero attached hydrogens (tertiary/aromatic N) is 4. The molecule has 5 heteroatoms. The molecular formula is C15H23N5. The molecule has 2 aromatic heterocycles. The third-order valence-corrected chi connectivity index (χ3v) is 3.99. The summed E-state index contributed by atoms with van der Waals surface area (Å²) in [5, 5.41) is 12.4. The molecule has 0 unspecified atom stereocenters. The molecule has 108 valence electrons. The van der Waals surface area contributed by atoms with Crippen LogP contribution in [0.4, 0.5) is 0 Å². The van der Waals surface area contributed by atoms with E-state index >= 15 is 0 Å². The highest BCUT2D eigenvalue weighted by Gasteiger charge is 2.15.